The molecular formula is C29H36FN3O3. The Balaban J connectivity index is 1.02. The minimum Gasteiger partial charge on any atom is -0.510 e. The van der Waals surface area contributed by atoms with E-state index >= 15 is 0 Å². The lowest BCUT2D eigenvalue weighted by molar-refractivity contribution is 0.0511. The highest BCUT2D eigenvalue weighted by molar-refractivity contribution is 5.48. The number of likely N-dealkylation sites (tertiary alicyclic amines) is 1. The van der Waals surface area contributed by atoms with Gasteiger partial charge in [-0.2, -0.15) is 0 Å². The highest BCUT2D eigenvalue weighted by atomic mass is 19.1. The van der Waals surface area contributed by atoms with Gasteiger partial charge in [-0.25, -0.2) is 9.37 Å². The molecule has 4 atom stereocenters. The van der Waals surface area contributed by atoms with Gasteiger partial charge in [0.2, 0.25) is 0 Å². The second kappa shape index (κ2) is 10.1. The topological polar surface area (TPSA) is 66.9 Å². The molecule has 0 radical (unpaired) electrons. The van der Waals surface area contributed by atoms with Crippen molar-refractivity contribution in [1.82, 2.24) is 9.88 Å². The summed E-state index contributed by atoms with van der Waals surface area (Å²) in [5.41, 5.74) is 5.22. The van der Waals surface area contributed by atoms with Gasteiger partial charge in [0.05, 0.1) is 18.8 Å². The van der Waals surface area contributed by atoms with Crippen LogP contribution in [-0.4, -0.2) is 53.4 Å². The average Bonchev–Trinajstić information content (AvgIpc) is 3.54. The van der Waals surface area contributed by atoms with Gasteiger partial charge in [-0.3, -0.25) is 4.90 Å². The summed E-state index contributed by atoms with van der Waals surface area (Å²) in [6, 6.07) is 9.43. The Labute approximate surface area is 212 Å². The Morgan fingerprint density at radius 2 is 2.08 bits per heavy atom. The second-order valence-corrected chi connectivity index (χ2v) is 10.7. The molecule has 36 heavy (non-hydrogen) atoms. The first-order chi connectivity index (χ1) is 17.6. The number of aryl methyl sites for hydroxylation is 2. The predicted molar refractivity (Wildman–Crippen MR) is 137 cm³/mol. The van der Waals surface area contributed by atoms with Crippen molar-refractivity contribution in [2.24, 2.45) is 0 Å². The summed E-state index contributed by atoms with van der Waals surface area (Å²) >= 11 is 0. The van der Waals surface area contributed by atoms with Crippen LogP contribution in [0, 0.1) is 5.82 Å². The van der Waals surface area contributed by atoms with Crippen molar-refractivity contribution in [2.75, 3.05) is 31.6 Å². The van der Waals surface area contributed by atoms with Gasteiger partial charge in [-0.05, 0) is 86.8 Å². The van der Waals surface area contributed by atoms with E-state index in [4.69, 9.17) is 14.5 Å². The Bertz CT molecular complexity index is 1150. The van der Waals surface area contributed by atoms with Crippen LogP contribution in [-0.2, 0) is 22.3 Å². The third-order valence-electron chi connectivity index (χ3n) is 8.17. The van der Waals surface area contributed by atoms with E-state index in [2.05, 4.69) is 29.3 Å². The Morgan fingerprint density at radius 1 is 1.17 bits per heavy atom. The van der Waals surface area contributed by atoms with Gasteiger partial charge in [0.1, 0.15) is 23.5 Å². The largest absolute Gasteiger partial charge is 0.510 e. The molecule has 192 valence electrons. The number of nitrogens with zero attached hydrogens (tertiary/aromatic N) is 2. The van der Waals surface area contributed by atoms with Crippen LogP contribution in [0.25, 0.3) is 0 Å². The number of anilines is 1. The van der Waals surface area contributed by atoms with Crippen LogP contribution in [0.15, 0.2) is 41.7 Å². The number of rotatable bonds is 7. The van der Waals surface area contributed by atoms with E-state index in [9.17, 15) is 9.50 Å². The van der Waals surface area contributed by atoms with E-state index in [1.165, 1.54) is 18.1 Å². The molecule has 0 saturated carbocycles. The second-order valence-electron chi connectivity index (χ2n) is 10.7. The van der Waals surface area contributed by atoms with Crippen molar-refractivity contribution in [3.8, 4) is 0 Å². The van der Waals surface area contributed by atoms with Gasteiger partial charge in [-0.1, -0.05) is 12.1 Å². The number of unbranched alkanes of at least 4 members (excludes halogenated alkanes) is 1. The number of hydrogen-bond acceptors (Lipinski definition) is 6. The lowest BCUT2D eigenvalue weighted by Gasteiger charge is -2.35. The van der Waals surface area contributed by atoms with Crippen molar-refractivity contribution in [3.05, 3.63) is 69.9 Å². The molecule has 6 nitrogen and oxygen atoms in total. The van der Waals surface area contributed by atoms with Gasteiger partial charge in [-0.15, -0.1) is 0 Å². The number of hydrogen-bond donors (Lipinski definition) is 2. The van der Waals surface area contributed by atoms with Gasteiger partial charge < -0.3 is 19.9 Å². The van der Waals surface area contributed by atoms with Gasteiger partial charge >= 0.3 is 0 Å². The predicted octanol–water partition coefficient (Wildman–Crippen LogP) is 5.41. The molecule has 7 heteroatoms. The number of halogens is 1. The Kier molecular flexibility index (Phi) is 6.71. The lowest BCUT2D eigenvalue weighted by atomic mass is 9.84. The number of aliphatic hydroxyl groups is 1. The molecular weight excluding hydrogens is 457 g/mol. The van der Waals surface area contributed by atoms with E-state index in [0.29, 0.717) is 18.4 Å². The fraction of sp³-hybridized carbons (Fsp3) is 0.552. The number of benzene rings is 1. The summed E-state index contributed by atoms with van der Waals surface area (Å²) in [5.74, 6) is 1.13. The molecule has 0 spiro atoms. The first kappa shape index (κ1) is 23.9. The summed E-state index contributed by atoms with van der Waals surface area (Å²) in [7, 11) is 0. The first-order valence-corrected chi connectivity index (χ1v) is 13.5. The van der Waals surface area contributed by atoms with E-state index in [1.807, 2.05) is 6.07 Å². The minimum atomic E-state index is -0.316. The third-order valence-corrected chi connectivity index (χ3v) is 8.17. The molecule has 0 amide bonds. The first-order valence-electron chi connectivity index (χ1n) is 13.5. The van der Waals surface area contributed by atoms with Gasteiger partial charge in [0, 0.05) is 37.0 Å². The SMILES string of the molecule is C[C@@H]1CCc2ccc(CCCCO[C@@H]3CCN([C@H]4C(O)=C5CCO[C@@H]5c5ccc(F)cc54)C3)nc2N1. The van der Waals surface area contributed by atoms with Crippen molar-refractivity contribution < 1.29 is 19.0 Å². The number of pyridine rings is 1. The molecule has 6 rings (SSSR count). The normalized spacial score (nSPS) is 27.5. The summed E-state index contributed by atoms with van der Waals surface area (Å²) in [4.78, 5) is 7.07. The number of fused-ring (bicyclic) bond motifs is 4. The molecule has 0 bridgehead atoms. The molecule has 2 fully saturated rings. The maximum absolute atomic E-state index is 14.2. The number of ether oxygens (including phenoxy) is 2. The number of aliphatic hydroxyl groups excluding tert-OH is 1. The highest BCUT2D eigenvalue weighted by Gasteiger charge is 2.42. The van der Waals surface area contributed by atoms with Crippen LogP contribution in [0.1, 0.15) is 73.6 Å². The summed E-state index contributed by atoms with van der Waals surface area (Å²) < 4.78 is 26.3. The zero-order chi connectivity index (χ0) is 24.6. The highest BCUT2D eigenvalue weighted by Crippen LogP contribution is 2.48. The Hall–Kier alpha value is -2.48. The average molecular weight is 494 g/mol. The standard InChI is InChI=1S/C29H36FN3O3/c1-18-5-6-19-7-9-21(32-29(19)31-18)4-2-3-14-35-22-11-13-33(17-22)26-25-16-20(30)8-10-23(25)28-24(27(26)34)12-15-36-28/h7-10,16,18,22,26,28,34H,2-6,11-15,17H2,1H3,(H,31,32)/t18-,22-,26-,28-/m1/s1. The minimum absolute atomic E-state index is 0.130. The molecule has 2 N–H and O–H groups in total. The van der Waals surface area contributed by atoms with Crippen LogP contribution in [0.3, 0.4) is 0 Å². The molecule has 1 aromatic heterocycles. The fourth-order valence-corrected chi connectivity index (χ4v) is 6.23. The molecule has 3 aliphatic heterocycles. The summed E-state index contributed by atoms with van der Waals surface area (Å²) in [6.45, 7) is 5.08. The van der Waals surface area contributed by atoms with E-state index in [-0.39, 0.29) is 24.1 Å². The quantitative estimate of drug-likeness (QED) is 0.503. The van der Waals surface area contributed by atoms with E-state index in [1.54, 1.807) is 6.07 Å². The van der Waals surface area contributed by atoms with Crippen molar-refractivity contribution in [3.63, 3.8) is 0 Å². The smallest absolute Gasteiger partial charge is 0.129 e. The lowest BCUT2D eigenvalue weighted by Crippen LogP contribution is -2.33. The van der Waals surface area contributed by atoms with E-state index < -0.39 is 0 Å². The molecule has 1 aliphatic carbocycles. The maximum atomic E-state index is 14.2. The maximum Gasteiger partial charge on any atom is 0.129 e. The monoisotopic (exact) mass is 493 g/mol. The molecule has 4 aliphatic rings. The van der Waals surface area contributed by atoms with Gasteiger partial charge in [0.25, 0.3) is 0 Å². The molecule has 4 heterocycles. The van der Waals surface area contributed by atoms with Crippen molar-refractivity contribution in [1.29, 1.82) is 0 Å². The fourth-order valence-electron chi connectivity index (χ4n) is 6.23. The van der Waals surface area contributed by atoms with Crippen LogP contribution in [0.4, 0.5) is 10.2 Å². The number of aromatic nitrogens is 1. The zero-order valence-electron chi connectivity index (χ0n) is 21.0. The molecule has 0 unspecified atom stereocenters. The molecule has 2 aromatic rings. The Morgan fingerprint density at radius 3 is 3.00 bits per heavy atom. The van der Waals surface area contributed by atoms with Crippen molar-refractivity contribution >= 4 is 5.82 Å². The zero-order valence-corrected chi connectivity index (χ0v) is 21.0. The van der Waals surface area contributed by atoms with Crippen molar-refractivity contribution in [2.45, 2.75) is 76.2 Å². The summed E-state index contributed by atoms with van der Waals surface area (Å²) in [6.07, 6.45) is 6.80. The van der Waals surface area contributed by atoms with Crippen LogP contribution in [0.2, 0.25) is 0 Å². The van der Waals surface area contributed by atoms with Crippen LogP contribution in [0.5, 0.6) is 0 Å². The van der Waals surface area contributed by atoms with E-state index in [0.717, 1.165) is 86.4 Å². The van der Waals surface area contributed by atoms with Crippen LogP contribution >= 0.6 is 0 Å². The number of nitrogens with one attached hydrogen (secondary N) is 1. The molecule has 2 saturated heterocycles. The molecule has 1 aromatic carbocycles. The van der Waals surface area contributed by atoms with Crippen LogP contribution < -0.4 is 5.32 Å². The summed E-state index contributed by atoms with van der Waals surface area (Å²) in [5, 5.41) is 14.7. The van der Waals surface area contributed by atoms with Gasteiger partial charge in [0.15, 0.2) is 0 Å². The third kappa shape index (κ3) is 4.64.